The number of halogens is 4. The van der Waals surface area contributed by atoms with Gasteiger partial charge in [-0.1, -0.05) is 69.3 Å². The van der Waals surface area contributed by atoms with Crippen molar-refractivity contribution in [2.45, 2.75) is 129 Å². The zero-order valence-electron chi connectivity index (χ0n) is 29.4. The van der Waals surface area contributed by atoms with Crippen LogP contribution in [0.5, 0.6) is 0 Å². The molecule has 2 heterocycles. The molecule has 1 amide bonds. The van der Waals surface area contributed by atoms with Gasteiger partial charge in [0.15, 0.2) is 0 Å². The van der Waals surface area contributed by atoms with Crippen LogP contribution in [-0.2, 0) is 15.9 Å². The summed E-state index contributed by atoms with van der Waals surface area (Å²) in [5.74, 6) is -6.12. The van der Waals surface area contributed by atoms with Crippen LogP contribution >= 0.6 is 0 Å². The van der Waals surface area contributed by atoms with E-state index in [1.54, 1.807) is 18.7 Å². The molecule has 3 unspecified atom stereocenters. The number of likely N-dealkylation sites (tertiary alicyclic amines) is 1. The lowest BCUT2D eigenvalue weighted by Crippen LogP contribution is -2.65. The highest BCUT2D eigenvalue weighted by Gasteiger charge is 2.70. The molecule has 0 radical (unpaired) electrons. The van der Waals surface area contributed by atoms with Crippen LogP contribution < -0.4 is 5.32 Å². The van der Waals surface area contributed by atoms with Crippen molar-refractivity contribution in [3.05, 3.63) is 70.8 Å². The third-order valence-corrected chi connectivity index (χ3v) is 11.9. The zero-order valence-corrected chi connectivity index (χ0v) is 29.4. The van der Waals surface area contributed by atoms with Crippen molar-refractivity contribution in [2.24, 2.45) is 22.2 Å². The lowest BCUT2D eigenvalue weighted by Gasteiger charge is -2.63. The molecule has 2 aromatic carbocycles. The quantitative estimate of drug-likeness (QED) is 0.311. The summed E-state index contributed by atoms with van der Waals surface area (Å²) in [5.41, 5.74) is -0.174. The standard InChI is InChI=1S/C39H52F4N2O3/c1-33(2,3)31-37(24-39(31,42)43)17-19-45(30(21-37)26-10-12-27(13-11-26)34(4,5)47)32(46)48-35(6,7)28-14-8-25(9-15-28)29-20-36(16-18-44-29)22-38(40,41)23-36/h8-15,29-31,44,47H,16-24H2,1-7H3/t29-,30?,31?,37?/m1/s1. The highest BCUT2D eigenvalue weighted by Crippen LogP contribution is 2.69. The predicted octanol–water partition coefficient (Wildman–Crippen LogP) is 9.65. The number of nitrogens with zero attached hydrogens (tertiary/aromatic N) is 1. The Bertz CT molecular complexity index is 1490. The first-order valence-corrected chi connectivity index (χ1v) is 17.5. The Hall–Kier alpha value is -2.65. The van der Waals surface area contributed by atoms with Gasteiger partial charge in [-0.2, -0.15) is 0 Å². The van der Waals surface area contributed by atoms with Crippen LogP contribution in [0.3, 0.4) is 0 Å². The molecule has 2 aliphatic heterocycles. The van der Waals surface area contributed by atoms with Crippen molar-refractivity contribution < 1.29 is 32.2 Å². The number of hydrogen-bond acceptors (Lipinski definition) is 4. The summed E-state index contributed by atoms with van der Waals surface area (Å²) in [6, 6.07) is 14.8. The maximum atomic E-state index is 15.2. The molecule has 48 heavy (non-hydrogen) atoms. The predicted molar refractivity (Wildman–Crippen MR) is 178 cm³/mol. The Balaban J connectivity index is 1.21. The second-order valence-corrected chi connectivity index (χ2v) is 17.6. The molecule has 4 aliphatic rings. The van der Waals surface area contributed by atoms with E-state index < -0.39 is 51.9 Å². The van der Waals surface area contributed by atoms with Gasteiger partial charge in [0.1, 0.15) is 5.60 Å². The molecule has 4 atom stereocenters. The summed E-state index contributed by atoms with van der Waals surface area (Å²) in [6.45, 7) is 13.7. The number of hydrogen-bond donors (Lipinski definition) is 2. The Labute approximate surface area is 282 Å². The second kappa shape index (κ2) is 11.4. The van der Waals surface area contributed by atoms with E-state index in [-0.39, 0.29) is 30.7 Å². The van der Waals surface area contributed by atoms with E-state index in [4.69, 9.17) is 4.74 Å². The summed E-state index contributed by atoms with van der Waals surface area (Å²) in [6.07, 6.45) is 1.53. The maximum absolute atomic E-state index is 15.2. The van der Waals surface area contributed by atoms with Gasteiger partial charge in [-0.25, -0.2) is 22.4 Å². The minimum atomic E-state index is -2.76. The molecular weight excluding hydrogens is 620 g/mol. The Morgan fingerprint density at radius 1 is 0.833 bits per heavy atom. The molecule has 9 heteroatoms. The highest BCUT2D eigenvalue weighted by atomic mass is 19.3. The smallest absolute Gasteiger partial charge is 0.411 e. The van der Waals surface area contributed by atoms with Gasteiger partial charge in [0.2, 0.25) is 5.92 Å². The van der Waals surface area contributed by atoms with Crippen molar-refractivity contribution >= 4 is 6.09 Å². The minimum absolute atomic E-state index is 0.00500. The zero-order chi connectivity index (χ0) is 35.1. The van der Waals surface area contributed by atoms with Crippen LogP contribution in [0, 0.1) is 22.2 Å². The van der Waals surface area contributed by atoms with Gasteiger partial charge >= 0.3 is 6.09 Å². The molecule has 0 aromatic heterocycles. The van der Waals surface area contributed by atoms with E-state index in [0.29, 0.717) is 32.4 Å². The van der Waals surface area contributed by atoms with Crippen molar-refractivity contribution in [1.82, 2.24) is 10.2 Å². The van der Waals surface area contributed by atoms with Crippen molar-refractivity contribution in [2.75, 3.05) is 13.1 Å². The molecule has 6 rings (SSSR count). The van der Waals surface area contributed by atoms with Crippen LogP contribution in [0.25, 0.3) is 0 Å². The average Bonchev–Trinajstić information content (AvgIpc) is 2.94. The monoisotopic (exact) mass is 672 g/mol. The first kappa shape index (κ1) is 35.2. The van der Waals surface area contributed by atoms with E-state index >= 15 is 8.78 Å². The van der Waals surface area contributed by atoms with Crippen LogP contribution in [-0.4, -0.2) is 41.0 Å². The first-order chi connectivity index (χ1) is 22.1. The maximum Gasteiger partial charge on any atom is 0.411 e. The third kappa shape index (κ3) is 6.50. The van der Waals surface area contributed by atoms with Crippen LogP contribution in [0.2, 0.25) is 0 Å². The number of aliphatic hydroxyl groups is 1. The van der Waals surface area contributed by atoms with Crippen molar-refractivity contribution in [3.8, 4) is 0 Å². The fraction of sp³-hybridized carbons (Fsp3) is 0.667. The topological polar surface area (TPSA) is 61.8 Å². The Morgan fingerprint density at radius 3 is 1.96 bits per heavy atom. The SMILES string of the molecule is CC(C)(O)c1ccc(C2CC3(CCN2C(=O)OC(C)(C)c2ccc([C@H]4CC5(CCN4)CC(F)(F)C5)cc2)CC(F)(F)C3C(C)(C)C)cc1. The molecular formula is C39H52F4N2O3. The van der Waals surface area contributed by atoms with E-state index in [0.717, 1.165) is 28.7 Å². The number of alkyl halides is 4. The average molecular weight is 673 g/mol. The normalized spacial score (nSPS) is 29.7. The minimum Gasteiger partial charge on any atom is -0.438 e. The summed E-state index contributed by atoms with van der Waals surface area (Å²) in [5, 5.41) is 14.0. The fourth-order valence-corrected chi connectivity index (χ4v) is 9.86. The number of carbonyl (C=O) groups is 1. The van der Waals surface area contributed by atoms with E-state index in [1.807, 2.05) is 83.1 Å². The number of nitrogens with one attached hydrogen (secondary N) is 1. The highest BCUT2D eigenvalue weighted by molar-refractivity contribution is 5.69. The number of amides is 1. The molecule has 2 aliphatic carbocycles. The van der Waals surface area contributed by atoms with E-state index in [2.05, 4.69) is 5.32 Å². The van der Waals surface area contributed by atoms with Gasteiger partial charge in [0, 0.05) is 37.8 Å². The molecule has 2 aromatic rings. The number of ether oxygens (including phenoxy) is 1. The lowest BCUT2D eigenvalue weighted by atomic mass is 9.46. The molecule has 2 N–H and O–H groups in total. The number of rotatable bonds is 5. The molecule has 0 bridgehead atoms. The summed E-state index contributed by atoms with van der Waals surface area (Å²) in [7, 11) is 0. The lowest BCUT2D eigenvalue weighted by molar-refractivity contribution is -0.276. The van der Waals surface area contributed by atoms with Gasteiger partial charge in [-0.05, 0) is 98.4 Å². The largest absolute Gasteiger partial charge is 0.438 e. The Morgan fingerprint density at radius 2 is 1.42 bits per heavy atom. The number of piperidine rings is 2. The first-order valence-electron chi connectivity index (χ1n) is 17.5. The van der Waals surface area contributed by atoms with Gasteiger partial charge < -0.3 is 20.1 Å². The third-order valence-electron chi connectivity index (χ3n) is 11.9. The van der Waals surface area contributed by atoms with Gasteiger partial charge in [-0.15, -0.1) is 0 Å². The second-order valence-electron chi connectivity index (χ2n) is 17.6. The number of benzene rings is 2. The van der Waals surface area contributed by atoms with Crippen LogP contribution in [0.15, 0.2) is 48.5 Å². The summed E-state index contributed by atoms with van der Waals surface area (Å²) in [4.78, 5) is 15.7. The molecule has 4 fully saturated rings. The summed E-state index contributed by atoms with van der Waals surface area (Å²) >= 11 is 0. The van der Waals surface area contributed by atoms with Gasteiger partial charge in [0.05, 0.1) is 11.6 Å². The van der Waals surface area contributed by atoms with Crippen LogP contribution in [0.4, 0.5) is 22.4 Å². The fourth-order valence-electron chi connectivity index (χ4n) is 9.86. The molecule has 5 nitrogen and oxygen atoms in total. The van der Waals surface area contributed by atoms with E-state index in [9.17, 15) is 18.7 Å². The van der Waals surface area contributed by atoms with Crippen molar-refractivity contribution in [1.29, 1.82) is 0 Å². The molecule has 2 spiro atoms. The molecule has 264 valence electrons. The molecule has 2 saturated heterocycles. The van der Waals surface area contributed by atoms with Gasteiger partial charge in [0.25, 0.3) is 5.92 Å². The number of carbonyl (C=O) groups excluding carboxylic acids is 1. The van der Waals surface area contributed by atoms with E-state index in [1.165, 1.54) is 0 Å². The summed E-state index contributed by atoms with van der Waals surface area (Å²) < 4.78 is 64.1. The molecule has 2 saturated carbocycles. The van der Waals surface area contributed by atoms with Crippen LogP contribution in [0.1, 0.15) is 128 Å². The van der Waals surface area contributed by atoms with Gasteiger partial charge in [-0.3, -0.25) is 0 Å². The Kier molecular flexibility index (Phi) is 8.39. The van der Waals surface area contributed by atoms with Crippen molar-refractivity contribution in [3.63, 3.8) is 0 Å².